The molecule has 11 heteroatoms. The quantitative estimate of drug-likeness (QED) is 0.312. The number of nitrogens with zero attached hydrogens (tertiary/aromatic N) is 1. The summed E-state index contributed by atoms with van der Waals surface area (Å²) in [6.45, 7) is 2.94. The van der Waals surface area contributed by atoms with Crippen molar-refractivity contribution in [3.05, 3.63) is 64.7 Å². The van der Waals surface area contributed by atoms with E-state index in [1.54, 1.807) is 24.3 Å². The first-order valence-electron chi connectivity index (χ1n) is 9.60. The van der Waals surface area contributed by atoms with Gasteiger partial charge in [-0.2, -0.15) is 13.2 Å². The molecule has 32 heavy (non-hydrogen) atoms. The van der Waals surface area contributed by atoms with Crippen LogP contribution in [0.5, 0.6) is 0 Å². The Balaban J connectivity index is 0.00000320. The molecule has 0 aromatic heterocycles. The molecule has 1 fully saturated rings. The van der Waals surface area contributed by atoms with Gasteiger partial charge in [0.1, 0.15) is 0 Å². The van der Waals surface area contributed by atoms with Crippen LogP contribution >= 0.6 is 37.2 Å². The van der Waals surface area contributed by atoms with E-state index >= 15 is 0 Å². The molecule has 1 aliphatic heterocycles. The maximum Gasteiger partial charge on any atom is 0.416 e. The second-order valence-corrected chi connectivity index (χ2v) is 7.14. The smallest absolute Gasteiger partial charge is 0.369 e. The number of alkyl halides is 3. The molecule has 1 saturated heterocycles. The van der Waals surface area contributed by atoms with Crippen LogP contribution in [-0.2, 0) is 30.2 Å². The average Bonchev–Trinajstić information content (AvgIpc) is 2.73. The van der Waals surface area contributed by atoms with E-state index in [4.69, 9.17) is 5.84 Å². The van der Waals surface area contributed by atoms with Gasteiger partial charge in [-0.25, -0.2) is 5.84 Å². The molecular weight excluding hydrogens is 488 g/mol. The average molecular weight is 516 g/mol. The number of hydrogen-bond acceptors (Lipinski definition) is 4. The van der Waals surface area contributed by atoms with Crippen LogP contribution in [0.1, 0.15) is 22.3 Å². The molecule has 0 saturated carbocycles. The Morgan fingerprint density at radius 3 is 2.12 bits per heavy atom. The van der Waals surface area contributed by atoms with E-state index < -0.39 is 11.7 Å². The van der Waals surface area contributed by atoms with Gasteiger partial charge in [0.2, 0.25) is 5.91 Å². The highest BCUT2D eigenvalue weighted by molar-refractivity contribution is 5.86. The number of amides is 1. The van der Waals surface area contributed by atoms with Crippen molar-refractivity contribution in [2.45, 2.75) is 25.4 Å². The summed E-state index contributed by atoms with van der Waals surface area (Å²) in [4.78, 5) is 13.3. The van der Waals surface area contributed by atoms with E-state index in [0.29, 0.717) is 37.2 Å². The van der Waals surface area contributed by atoms with Gasteiger partial charge in [-0.1, -0.05) is 30.3 Å². The van der Waals surface area contributed by atoms with Crippen LogP contribution in [0.2, 0.25) is 0 Å². The lowest BCUT2D eigenvalue weighted by atomic mass is 9.97. The fourth-order valence-corrected chi connectivity index (χ4v) is 3.51. The topological polar surface area (TPSA) is 70.4 Å². The minimum atomic E-state index is -4.39. The third-order valence-corrected chi connectivity index (χ3v) is 5.11. The van der Waals surface area contributed by atoms with Crippen LogP contribution in [0.25, 0.3) is 0 Å². The summed E-state index contributed by atoms with van der Waals surface area (Å²) < 4.78 is 41.0. The van der Waals surface area contributed by atoms with Crippen LogP contribution in [-0.4, -0.2) is 32.1 Å². The minimum Gasteiger partial charge on any atom is -0.369 e. The first kappa shape index (κ1) is 30.3. The Bertz CT molecular complexity index is 845. The molecule has 0 radical (unpaired) electrons. The molecular formula is C21H28Cl3F3N4O. The molecule has 1 heterocycles. The zero-order chi connectivity index (χ0) is 20.9. The van der Waals surface area contributed by atoms with Crippen LogP contribution in [0, 0.1) is 0 Å². The second kappa shape index (κ2) is 13.7. The van der Waals surface area contributed by atoms with Gasteiger partial charge in [-0.3, -0.25) is 10.2 Å². The highest BCUT2D eigenvalue weighted by Gasteiger charge is 2.34. The Kier molecular flexibility index (Phi) is 13.0. The number of benzene rings is 2. The van der Waals surface area contributed by atoms with E-state index in [0.717, 1.165) is 24.2 Å². The van der Waals surface area contributed by atoms with Crippen LogP contribution < -0.4 is 21.5 Å². The molecule has 0 spiro atoms. The van der Waals surface area contributed by atoms with E-state index in [9.17, 15) is 18.0 Å². The SMILES string of the molecule is Cl.Cl.Cl.NNC(=O)Cc1ccc(CCc2ccc(N3CCNCC3)cc2C(F)(F)F)cc1. The number of carbonyl (C=O) groups excluding carboxylic acids is 1. The molecule has 5 nitrogen and oxygen atoms in total. The molecule has 1 amide bonds. The van der Waals surface area contributed by atoms with Crippen molar-refractivity contribution >= 4 is 48.8 Å². The Morgan fingerprint density at radius 2 is 1.56 bits per heavy atom. The molecule has 3 rings (SSSR count). The van der Waals surface area contributed by atoms with Gasteiger partial charge in [-0.05, 0) is 41.7 Å². The fraction of sp³-hybridized carbons (Fsp3) is 0.381. The van der Waals surface area contributed by atoms with Crippen molar-refractivity contribution in [1.29, 1.82) is 0 Å². The summed E-state index contributed by atoms with van der Waals surface area (Å²) >= 11 is 0. The standard InChI is InChI=1S/C21H25F3N4O.3ClH/c22-21(23,24)19-14-18(28-11-9-26-10-12-28)8-7-17(19)6-5-15-1-3-16(4-2-15)13-20(29)27-25;;;/h1-4,7-8,14,26H,5-6,9-13,25H2,(H,27,29);3*1H. The monoisotopic (exact) mass is 514 g/mol. The molecule has 2 aromatic rings. The maximum absolute atomic E-state index is 13.7. The Labute approximate surface area is 204 Å². The summed E-state index contributed by atoms with van der Waals surface area (Å²) in [7, 11) is 0. The molecule has 0 atom stereocenters. The third kappa shape index (κ3) is 8.33. The summed E-state index contributed by atoms with van der Waals surface area (Å²) in [5.41, 5.74) is 4.13. The van der Waals surface area contributed by atoms with Crippen molar-refractivity contribution in [3.8, 4) is 0 Å². The lowest BCUT2D eigenvalue weighted by Gasteiger charge is -2.30. The Hall–Kier alpha value is -1.71. The van der Waals surface area contributed by atoms with Gasteiger partial charge in [0, 0.05) is 31.9 Å². The van der Waals surface area contributed by atoms with Crippen LogP contribution in [0.4, 0.5) is 18.9 Å². The van der Waals surface area contributed by atoms with Crippen LogP contribution in [0.15, 0.2) is 42.5 Å². The number of carbonyl (C=O) groups is 1. The predicted molar refractivity (Wildman–Crippen MR) is 128 cm³/mol. The fourth-order valence-electron chi connectivity index (χ4n) is 3.51. The van der Waals surface area contributed by atoms with Gasteiger partial charge in [0.05, 0.1) is 12.0 Å². The number of nitrogens with two attached hydrogens (primary N) is 1. The largest absolute Gasteiger partial charge is 0.416 e. The third-order valence-electron chi connectivity index (χ3n) is 5.11. The maximum atomic E-state index is 13.7. The van der Waals surface area contributed by atoms with Crippen LogP contribution in [0.3, 0.4) is 0 Å². The predicted octanol–water partition coefficient (Wildman–Crippen LogP) is 3.70. The second-order valence-electron chi connectivity index (χ2n) is 7.14. The van der Waals surface area contributed by atoms with Crippen molar-refractivity contribution in [3.63, 3.8) is 0 Å². The number of halogens is 6. The number of rotatable bonds is 6. The molecule has 0 aliphatic carbocycles. The summed E-state index contributed by atoms with van der Waals surface area (Å²) in [6.07, 6.45) is -3.44. The zero-order valence-electron chi connectivity index (χ0n) is 17.3. The molecule has 0 unspecified atom stereocenters. The highest BCUT2D eigenvalue weighted by atomic mass is 35.5. The number of aryl methyl sites for hydroxylation is 2. The number of hydrogen-bond donors (Lipinski definition) is 3. The summed E-state index contributed by atoms with van der Waals surface area (Å²) in [5, 5.41) is 3.20. The van der Waals surface area contributed by atoms with Crippen molar-refractivity contribution in [1.82, 2.24) is 10.7 Å². The van der Waals surface area contributed by atoms with E-state index in [1.807, 2.05) is 17.0 Å². The Morgan fingerprint density at radius 1 is 0.969 bits per heavy atom. The van der Waals surface area contributed by atoms with Gasteiger partial charge >= 0.3 is 6.18 Å². The molecule has 2 aromatic carbocycles. The van der Waals surface area contributed by atoms with Crippen molar-refractivity contribution < 1.29 is 18.0 Å². The first-order chi connectivity index (χ1) is 13.9. The van der Waals surface area contributed by atoms with Crippen molar-refractivity contribution in [2.75, 3.05) is 31.1 Å². The normalized spacial score (nSPS) is 13.3. The van der Waals surface area contributed by atoms with Gasteiger partial charge in [0.15, 0.2) is 0 Å². The zero-order valence-corrected chi connectivity index (χ0v) is 19.7. The number of piperazine rings is 1. The highest BCUT2D eigenvalue weighted by Crippen LogP contribution is 2.35. The van der Waals surface area contributed by atoms with E-state index in [-0.39, 0.29) is 49.5 Å². The minimum absolute atomic E-state index is 0. The first-order valence-corrected chi connectivity index (χ1v) is 9.60. The molecule has 1 aliphatic rings. The van der Waals surface area contributed by atoms with Gasteiger partial charge in [-0.15, -0.1) is 37.2 Å². The molecule has 0 bridgehead atoms. The lowest BCUT2D eigenvalue weighted by Crippen LogP contribution is -2.43. The van der Waals surface area contributed by atoms with Gasteiger partial charge < -0.3 is 10.2 Å². The number of anilines is 1. The van der Waals surface area contributed by atoms with E-state index in [1.165, 1.54) is 6.07 Å². The lowest BCUT2D eigenvalue weighted by molar-refractivity contribution is -0.138. The summed E-state index contributed by atoms with van der Waals surface area (Å²) in [6, 6.07) is 11.9. The van der Waals surface area contributed by atoms with Gasteiger partial charge in [0.25, 0.3) is 0 Å². The van der Waals surface area contributed by atoms with Crippen molar-refractivity contribution in [2.24, 2.45) is 5.84 Å². The number of hydrazine groups is 1. The number of nitrogens with one attached hydrogen (secondary N) is 2. The molecule has 180 valence electrons. The summed E-state index contributed by atoms with van der Waals surface area (Å²) in [5.74, 6) is 4.78. The van der Waals surface area contributed by atoms with E-state index in [2.05, 4.69) is 10.7 Å². The molecule has 4 N–H and O–H groups in total.